The van der Waals surface area contributed by atoms with Crippen LogP contribution in [0.5, 0.6) is 5.75 Å². The number of halogens is 2. The molecule has 1 atom stereocenters. The predicted molar refractivity (Wildman–Crippen MR) is 127 cm³/mol. The van der Waals surface area contributed by atoms with Crippen LogP contribution in [0.1, 0.15) is 63.9 Å². The van der Waals surface area contributed by atoms with E-state index in [-0.39, 0.29) is 28.7 Å². The van der Waals surface area contributed by atoms with Crippen LogP contribution in [-0.4, -0.2) is 19.8 Å². The van der Waals surface area contributed by atoms with E-state index in [9.17, 15) is 0 Å². The Hall–Kier alpha value is -2.14. The summed E-state index contributed by atoms with van der Waals surface area (Å²) in [6.07, 6.45) is 10.3. The van der Waals surface area contributed by atoms with E-state index in [2.05, 4.69) is 6.92 Å². The fourth-order valence-corrected chi connectivity index (χ4v) is 5.66. The third-order valence-corrected chi connectivity index (χ3v) is 7.72. The summed E-state index contributed by atoms with van der Waals surface area (Å²) in [5, 5.41) is 1.19. The molecule has 2 heterocycles. The lowest BCUT2D eigenvalue weighted by Crippen LogP contribution is -2.15. The van der Waals surface area contributed by atoms with E-state index in [0.717, 1.165) is 25.4 Å². The van der Waals surface area contributed by atoms with Crippen molar-refractivity contribution in [1.29, 1.82) is 0 Å². The second kappa shape index (κ2) is 10.0. The summed E-state index contributed by atoms with van der Waals surface area (Å²) < 4.78 is 47.3. The van der Waals surface area contributed by atoms with E-state index < -0.39 is 5.82 Å². The molecule has 1 saturated heterocycles. The highest BCUT2D eigenvalue weighted by Gasteiger charge is 2.23. The van der Waals surface area contributed by atoms with Gasteiger partial charge in [0.25, 0.3) is 0 Å². The Morgan fingerprint density at radius 2 is 1.55 bits per heavy atom. The minimum absolute atomic E-state index is 0.0652. The van der Waals surface area contributed by atoms with Crippen LogP contribution >= 0.6 is 0 Å². The highest BCUT2D eigenvalue weighted by atomic mass is 19.1. The lowest BCUT2D eigenvalue weighted by molar-refractivity contribution is 0.165. The summed E-state index contributed by atoms with van der Waals surface area (Å²) in [6.45, 7) is 4.03. The average molecular weight is 457 g/mol. The molecular formula is C28H34F2O3. The third-order valence-electron chi connectivity index (χ3n) is 7.72. The van der Waals surface area contributed by atoms with Gasteiger partial charge in [-0.25, -0.2) is 4.39 Å². The van der Waals surface area contributed by atoms with Crippen molar-refractivity contribution >= 4 is 21.9 Å². The molecule has 1 unspecified atom stereocenters. The van der Waals surface area contributed by atoms with Gasteiger partial charge in [-0.1, -0.05) is 51.5 Å². The molecule has 1 aliphatic carbocycles. The van der Waals surface area contributed by atoms with E-state index in [0.29, 0.717) is 41.9 Å². The van der Waals surface area contributed by atoms with Crippen LogP contribution in [0.4, 0.5) is 8.78 Å². The first-order valence-corrected chi connectivity index (χ1v) is 12.7. The standard InChI is InChI=1S/C28H34F2O3/c1-2-3-18-4-6-19(7-5-18)8-9-21-10-11-22-23-12-13-24(32-17-20-14-15-31-16-20)26(30)28(23)33-27(22)25(21)29/h10-13,18-20H,2-9,14-17H2,1H3. The topological polar surface area (TPSA) is 31.6 Å². The zero-order chi connectivity index (χ0) is 22.8. The summed E-state index contributed by atoms with van der Waals surface area (Å²) in [6, 6.07) is 7.09. The first kappa shape index (κ1) is 22.6. The molecule has 1 saturated carbocycles. The lowest BCUT2D eigenvalue weighted by Gasteiger charge is -2.28. The first-order valence-electron chi connectivity index (χ1n) is 12.7. The molecule has 3 nitrogen and oxygen atoms in total. The number of fused-ring (bicyclic) bond motifs is 3. The van der Waals surface area contributed by atoms with Gasteiger partial charge in [-0.3, -0.25) is 0 Å². The number of furan rings is 1. The quantitative estimate of drug-likeness (QED) is 0.346. The average Bonchev–Trinajstić information content (AvgIpc) is 3.48. The van der Waals surface area contributed by atoms with Crippen molar-refractivity contribution in [2.75, 3.05) is 19.8 Å². The molecule has 5 rings (SSSR count). The fraction of sp³-hybridized carbons (Fsp3) is 0.571. The maximum atomic E-state index is 15.3. The van der Waals surface area contributed by atoms with Crippen LogP contribution in [0.2, 0.25) is 0 Å². The summed E-state index contributed by atoms with van der Waals surface area (Å²) in [5.41, 5.74) is 0.875. The Balaban J connectivity index is 1.31. The molecule has 0 amide bonds. The number of benzene rings is 2. The highest BCUT2D eigenvalue weighted by molar-refractivity contribution is 6.05. The number of hydrogen-bond donors (Lipinski definition) is 0. The molecule has 33 heavy (non-hydrogen) atoms. The van der Waals surface area contributed by atoms with Gasteiger partial charge in [0.1, 0.15) is 0 Å². The van der Waals surface area contributed by atoms with Crippen molar-refractivity contribution in [3.05, 3.63) is 41.5 Å². The molecule has 0 N–H and O–H groups in total. The van der Waals surface area contributed by atoms with E-state index in [1.807, 2.05) is 12.1 Å². The molecular weight excluding hydrogens is 422 g/mol. The van der Waals surface area contributed by atoms with Crippen molar-refractivity contribution < 1.29 is 22.7 Å². The van der Waals surface area contributed by atoms with Crippen molar-refractivity contribution in [3.8, 4) is 5.75 Å². The fourth-order valence-electron chi connectivity index (χ4n) is 5.66. The Bertz CT molecular complexity index is 1090. The molecule has 2 aromatic carbocycles. The molecule has 2 fully saturated rings. The smallest absolute Gasteiger partial charge is 0.208 e. The van der Waals surface area contributed by atoms with E-state index >= 15 is 8.78 Å². The summed E-state index contributed by atoms with van der Waals surface area (Å²) in [7, 11) is 0. The van der Waals surface area contributed by atoms with Gasteiger partial charge in [0.05, 0.1) is 13.2 Å². The van der Waals surface area contributed by atoms with Crippen molar-refractivity contribution in [3.63, 3.8) is 0 Å². The molecule has 0 bridgehead atoms. The van der Waals surface area contributed by atoms with Crippen molar-refractivity contribution in [1.82, 2.24) is 0 Å². The Kier molecular flexibility index (Phi) is 6.86. The molecule has 5 heteroatoms. The van der Waals surface area contributed by atoms with Gasteiger partial charge in [-0.05, 0) is 54.9 Å². The maximum Gasteiger partial charge on any atom is 0.208 e. The Labute approximate surface area is 194 Å². The molecule has 1 aliphatic heterocycles. The van der Waals surface area contributed by atoms with Crippen LogP contribution < -0.4 is 4.74 Å². The van der Waals surface area contributed by atoms with Crippen LogP contribution in [0, 0.1) is 29.4 Å². The second-order valence-electron chi connectivity index (χ2n) is 10.0. The van der Waals surface area contributed by atoms with Crippen molar-refractivity contribution in [2.24, 2.45) is 17.8 Å². The normalized spacial score (nSPS) is 23.5. The molecule has 0 radical (unpaired) electrons. The van der Waals surface area contributed by atoms with Gasteiger partial charge >= 0.3 is 0 Å². The predicted octanol–water partition coefficient (Wildman–Crippen LogP) is 7.82. The largest absolute Gasteiger partial charge is 0.490 e. The van der Waals surface area contributed by atoms with Gasteiger partial charge < -0.3 is 13.9 Å². The highest BCUT2D eigenvalue weighted by Crippen LogP contribution is 2.38. The van der Waals surface area contributed by atoms with Crippen LogP contribution in [0.25, 0.3) is 21.9 Å². The number of hydrogen-bond acceptors (Lipinski definition) is 3. The van der Waals surface area contributed by atoms with Gasteiger partial charge in [0.2, 0.25) is 5.82 Å². The van der Waals surface area contributed by atoms with E-state index in [1.54, 1.807) is 12.1 Å². The minimum Gasteiger partial charge on any atom is -0.490 e. The zero-order valence-corrected chi connectivity index (χ0v) is 19.5. The monoisotopic (exact) mass is 456 g/mol. The van der Waals surface area contributed by atoms with Gasteiger partial charge in [0, 0.05) is 23.3 Å². The van der Waals surface area contributed by atoms with Crippen LogP contribution in [-0.2, 0) is 11.2 Å². The molecule has 2 aliphatic rings. The summed E-state index contributed by atoms with van der Waals surface area (Å²) in [5.74, 6) is 1.06. The lowest BCUT2D eigenvalue weighted by atomic mass is 9.78. The minimum atomic E-state index is -0.563. The second-order valence-corrected chi connectivity index (χ2v) is 10.0. The number of aryl methyl sites for hydroxylation is 1. The summed E-state index contributed by atoms with van der Waals surface area (Å²) >= 11 is 0. The summed E-state index contributed by atoms with van der Waals surface area (Å²) in [4.78, 5) is 0. The zero-order valence-electron chi connectivity index (χ0n) is 19.5. The molecule has 0 spiro atoms. The van der Waals surface area contributed by atoms with Gasteiger partial charge in [-0.15, -0.1) is 0 Å². The van der Waals surface area contributed by atoms with Crippen LogP contribution in [0.15, 0.2) is 28.7 Å². The third kappa shape index (κ3) is 4.75. The van der Waals surface area contributed by atoms with Crippen LogP contribution in [0.3, 0.4) is 0 Å². The van der Waals surface area contributed by atoms with Crippen molar-refractivity contribution in [2.45, 2.75) is 64.7 Å². The molecule has 178 valence electrons. The maximum absolute atomic E-state index is 15.3. The Morgan fingerprint density at radius 1 is 0.848 bits per heavy atom. The van der Waals surface area contributed by atoms with Gasteiger partial charge in [-0.2, -0.15) is 4.39 Å². The van der Waals surface area contributed by atoms with E-state index in [1.165, 1.54) is 38.5 Å². The number of ether oxygens (including phenoxy) is 2. The Morgan fingerprint density at radius 3 is 2.24 bits per heavy atom. The SMILES string of the molecule is CCCC1CCC(CCc2ccc3c(oc4c(F)c(OCC5CCOC5)ccc43)c2F)CC1. The first-order chi connectivity index (χ1) is 16.1. The van der Waals surface area contributed by atoms with E-state index in [4.69, 9.17) is 13.9 Å². The molecule has 1 aromatic heterocycles. The van der Waals surface area contributed by atoms with Gasteiger partial charge in [0.15, 0.2) is 22.7 Å². The number of rotatable bonds is 8. The molecule has 3 aromatic rings.